The Labute approximate surface area is 165 Å². The molecule has 5 aromatic rings. The fraction of sp³-hybridized carbons (Fsp3) is 0.250. The first-order valence-corrected chi connectivity index (χ1v) is 9.68. The monoisotopic (exact) mass is 368 g/mol. The number of fused-ring (bicyclic) bond motifs is 6. The van der Waals surface area contributed by atoms with Crippen LogP contribution in [0.4, 0.5) is 0 Å². The number of benzene rings is 3. The van der Waals surface area contributed by atoms with Gasteiger partial charge in [-0.05, 0) is 39.8 Å². The molecule has 0 aliphatic rings. The molecular formula is C24H23BNO2. The summed E-state index contributed by atoms with van der Waals surface area (Å²) >= 11 is 0. The predicted octanol–water partition coefficient (Wildman–Crippen LogP) is 4.65. The van der Waals surface area contributed by atoms with Gasteiger partial charge in [0, 0.05) is 21.5 Å². The summed E-state index contributed by atoms with van der Waals surface area (Å²) in [4.78, 5) is 0. The maximum atomic E-state index is 10.4. The Morgan fingerprint density at radius 3 is 1.79 bits per heavy atom. The van der Waals surface area contributed by atoms with Gasteiger partial charge in [0.05, 0.1) is 27.8 Å². The van der Waals surface area contributed by atoms with Gasteiger partial charge in [-0.15, -0.1) is 0 Å². The summed E-state index contributed by atoms with van der Waals surface area (Å²) in [5.74, 6) is 0. The SMILES string of the molecule is CC(C)(O)C(C)(C)O[B]c1cc2c3ccccc3n3c4ccccc4c(c1)c23. The highest BCUT2D eigenvalue weighted by atomic mass is 16.5. The topological polar surface area (TPSA) is 33.9 Å². The van der Waals surface area contributed by atoms with Crippen molar-refractivity contribution in [2.45, 2.75) is 38.9 Å². The lowest BCUT2D eigenvalue weighted by molar-refractivity contribution is -0.0893. The molecule has 2 aromatic heterocycles. The van der Waals surface area contributed by atoms with E-state index in [9.17, 15) is 5.11 Å². The smallest absolute Gasteiger partial charge is 0.330 e. The van der Waals surface area contributed by atoms with Crippen LogP contribution in [0.25, 0.3) is 38.1 Å². The molecule has 3 nitrogen and oxygen atoms in total. The number of aromatic nitrogens is 1. The van der Waals surface area contributed by atoms with Crippen molar-refractivity contribution in [2.24, 2.45) is 0 Å². The first-order valence-electron chi connectivity index (χ1n) is 9.68. The third-order valence-corrected chi connectivity index (χ3v) is 6.19. The lowest BCUT2D eigenvalue weighted by Gasteiger charge is -2.37. The van der Waals surface area contributed by atoms with E-state index in [0.717, 1.165) is 5.46 Å². The number of nitrogens with zero attached hydrogens (tertiary/aromatic N) is 1. The van der Waals surface area contributed by atoms with Crippen LogP contribution in [-0.2, 0) is 4.65 Å². The molecule has 0 fully saturated rings. The van der Waals surface area contributed by atoms with Crippen molar-refractivity contribution < 1.29 is 9.76 Å². The Bertz CT molecular complexity index is 1240. The van der Waals surface area contributed by atoms with Gasteiger partial charge in [-0.3, -0.25) is 0 Å². The van der Waals surface area contributed by atoms with Crippen molar-refractivity contribution in [3.05, 3.63) is 60.7 Å². The largest absolute Gasteiger partial charge is 0.427 e. The standard InChI is InChI=1S/C24H23BNO2/c1-23(2,27)24(3,4)28-25-15-13-18-16-9-5-7-11-20(16)26-21-12-8-6-10-17(21)19(14-15)22(18)26/h5-14,27H,1-4H3. The molecule has 0 aliphatic carbocycles. The van der Waals surface area contributed by atoms with Crippen LogP contribution in [0, 0.1) is 0 Å². The third kappa shape index (κ3) is 2.38. The zero-order valence-electron chi connectivity index (χ0n) is 16.7. The zero-order chi connectivity index (χ0) is 19.7. The molecule has 0 saturated heterocycles. The van der Waals surface area contributed by atoms with Crippen molar-refractivity contribution >= 4 is 51.0 Å². The minimum atomic E-state index is -0.951. The maximum absolute atomic E-state index is 10.4. The van der Waals surface area contributed by atoms with E-state index in [-0.39, 0.29) is 0 Å². The molecule has 0 aliphatic heterocycles. The highest BCUT2D eigenvalue weighted by molar-refractivity contribution is 6.49. The average Bonchev–Trinajstić information content (AvgIpc) is 3.17. The van der Waals surface area contributed by atoms with Gasteiger partial charge in [-0.25, -0.2) is 0 Å². The van der Waals surface area contributed by atoms with E-state index in [0.29, 0.717) is 0 Å². The number of para-hydroxylation sites is 2. The first kappa shape index (κ1) is 17.5. The van der Waals surface area contributed by atoms with Crippen LogP contribution in [-0.4, -0.2) is 28.2 Å². The molecule has 5 rings (SSSR count). The quantitative estimate of drug-likeness (QED) is 0.469. The summed E-state index contributed by atoms with van der Waals surface area (Å²) in [6.07, 6.45) is 0. The molecule has 0 unspecified atom stereocenters. The molecule has 0 bridgehead atoms. The molecule has 3 aromatic carbocycles. The van der Waals surface area contributed by atoms with Crippen molar-refractivity contribution in [3.63, 3.8) is 0 Å². The molecule has 28 heavy (non-hydrogen) atoms. The Hall–Kier alpha value is -2.56. The van der Waals surface area contributed by atoms with Gasteiger partial charge >= 0.3 is 7.48 Å². The molecular weight excluding hydrogens is 345 g/mol. The molecule has 0 saturated carbocycles. The number of hydrogen-bond acceptors (Lipinski definition) is 2. The Kier molecular flexibility index (Phi) is 3.59. The van der Waals surface area contributed by atoms with Crippen LogP contribution in [0.15, 0.2) is 60.7 Å². The second-order valence-corrected chi connectivity index (χ2v) is 8.64. The third-order valence-electron chi connectivity index (χ3n) is 6.19. The Morgan fingerprint density at radius 1 is 0.786 bits per heavy atom. The highest BCUT2D eigenvalue weighted by Gasteiger charge is 2.35. The second-order valence-electron chi connectivity index (χ2n) is 8.64. The predicted molar refractivity (Wildman–Crippen MR) is 118 cm³/mol. The fourth-order valence-corrected chi connectivity index (χ4v) is 3.90. The van der Waals surface area contributed by atoms with Crippen LogP contribution in [0.3, 0.4) is 0 Å². The van der Waals surface area contributed by atoms with Crippen molar-refractivity contribution in [1.29, 1.82) is 0 Å². The van der Waals surface area contributed by atoms with Gasteiger partial charge in [-0.2, -0.15) is 0 Å². The van der Waals surface area contributed by atoms with Gasteiger partial charge in [0.15, 0.2) is 0 Å². The van der Waals surface area contributed by atoms with Crippen LogP contribution >= 0.6 is 0 Å². The van der Waals surface area contributed by atoms with E-state index in [1.165, 1.54) is 38.1 Å². The first-order chi connectivity index (χ1) is 13.3. The second kappa shape index (κ2) is 5.73. The summed E-state index contributed by atoms with van der Waals surface area (Å²) in [6.45, 7) is 7.35. The van der Waals surface area contributed by atoms with Gasteiger partial charge in [0.1, 0.15) is 0 Å². The molecule has 0 spiro atoms. The van der Waals surface area contributed by atoms with Gasteiger partial charge in [-0.1, -0.05) is 54.0 Å². The number of aliphatic hydroxyl groups is 1. The summed E-state index contributed by atoms with van der Waals surface area (Å²) < 4.78 is 8.40. The van der Waals surface area contributed by atoms with Crippen molar-refractivity contribution in [3.8, 4) is 0 Å². The highest BCUT2D eigenvalue weighted by Crippen LogP contribution is 2.38. The minimum absolute atomic E-state index is 0.700. The minimum Gasteiger partial charge on any atom is -0.427 e. The molecule has 139 valence electrons. The normalized spacial score (nSPS) is 13.3. The van der Waals surface area contributed by atoms with Gasteiger partial charge in [0.25, 0.3) is 0 Å². The van der Waals surface area contributed by atoms with E-state index in [4.69, 9.17) is 4.65 Å². The van der Waals surface area contributed by atoms with E-state index in [1.54, 1.807) is 21.3 Å². The Balaban J connectivity index is 1.76. The molecule has 1 N–H and O–H groups in total. The van der Waals surface area contributed by atoms with E-state index in [1.807, 2.05) is 13.8 Å². The summed E-state index contributed by atoms with van der Waals surface area (Å²) in [6, 6.07) is 21.4. The fourth-order valence-electron chi connectivity index (χ4n) is 3.90. The molecule has 4 heteroatoms. The van der Waals surface area contributed by atoms with E-state index in [2.05, 4.69) is 65.1 Å². The van der Waals surface area contributed by atoms with Crippen LogP contribution in [0.2, 0.25) is 0 Å². The molecule has 0 amide bonds. The molecule has 2 heterocycles. The van der Waals surface area contributed by atoms with Crippen LogP contribution in [0.5, 0.6) is 0 Å². The van der Waals surface area contributed by atoms with Gasteiger partial charge in [0.2, 0.25) is 0 Å². The van der Waals surface area contributed by atoms with Crippen molar-refractivity contribution in [1.82, 2.24) is 4.40 Å². The van der Waals surface area contributed by atoms with Crippen LogP contribution < -0.4 is 5.46 Å². The average molecular weight is 368 g/mol. The summed E-state index contributed by atoms with van der Waals surface area (Å²) in [5, 5.41) is 15.3. The number of hydrogen-bond donors (Lipinski definition) is 1. The van der Waals surface area contributed by atoms with Crippen LogP contribution in [0.1, 0.15) is 27.7 Å². The number of rotatable bonds is 4. The Morgan fingerprint density at radius 2 is 1.29 bits per heavy atom. The molecule has 0 atom stereocenters. The van der Waals surface area contributed by atoms with E-state index >= 15 is 0 Å². The maximum Gasteiger partial charge on any atom is 0.330 e. The lowest BCUT2D eigenvalue weighted by atomic mass is 9.81. The van der Waals surface area contributed by atoms with E-state index < -0.39 is 11.2 Å². The van der Waals surface area contributed by atoms with Gasteiger partial charge < -0.3 is 14.2 Å². The zero-order valence-corrected chi connectivity index (χ0v) is 16.7. The van der Waals surface area contributed by atoms with Crippen molar-refractivity contribution in [2.75, 3.05) is 0 Å². The summed E-state index contributed by atoms with van der Waals surface area (Å²) in [7, 11) is 1.78. The molecule has 1 radical (unpaired) electrons. The summed E-state index contributed by atoms with van der Waals surface area (Å²) in [5.41, 5.74) is 3.04. The lowest BCUT2D eigenvalue weighted by Crippen LogP contribution is -2.49.